The largest absolute Gasteiger partial charge is 0.388 e. The first kappa shape index (κ1) is 11.5. The fraction of sp³-hybridized carbons (Fsp3) is 0.909. The van der Waals surface area contributed by atoms with Crippen LogP contribution in [0.4, 0.5) is 0 Å². The van der Waals surface area contributed by atoms with E-state index >= 15 is 0 Å². The molecule has 1 rings (SSSR count). The van der Waals surface area contributed by atoms with E-state index in [1.54, 1.807) is 0 Å². The second kappa shape index (κ2) is 6.02. The first-order valence-corrected chi connectivity index (χ1v) is 5.70. The quantitative estimate of drug-likeness (QED) is 0.423. The topological polar surface area (TPSA) is 41.6 Å². The summed E-state index contributed by atoms with van der Waals surface area (Å²) in [6, 6.07) is 0.770. The Labute approximate surface area is 87.4 Å². The van der Waals surface area contributed by atoms with E-state index in [1.165, 1.54) is 32.4 Å². The minimum Gasteiger partial charge on any atom is -0.388 e. The molecule has 0 bridgehead atoms. The summed E-state index contributed by atoms with van der Waals surface area (Å²) in [5, 5.41) is 0. The van der Waals surface area contributed by atoms with Crippen molar-refractivity contribution in [1.82, 2.24) is 4.90 Å². The molecule has 3 nitrogen and oxygen atoms in total. The highest BCUT2D eigenvalue weighted by Gasteiger charge is 2.16. The van der Waals surface area contributed by atoms with Crippen LogP contribution in [0.25, 0.3) is 0 Å². The maximum atomic E-state index is 5.48. The van der Waals surface area contributed by atoms with E-state index in [0.29, 0.717) is 5.84 Å². The molecule has 1 atom stereocenters. The van der Waals surface area contributed by atoms with Crippen molar-refractivity contribution in [2.45, 2.75) is 45.6 Å². The zero-order valence-corrected chi connectivity index (χ0v) is 9.50. The molecule has 14 heavy (non-hydrogen) atoms. The molecule has 1 unspecified atom stereocenters. The molecule has 0 aliphatic carbocycles. The maximum absolute atomic E-state index is 5.48. The van der Waals surface area contributed by atoms with Crippen molar-refractivity contribution in [3.8, 4) is 0 Å². The molecule has 0 saturated carbocycles. The van der Waals surface area contributed by atoms with Crippen molar-refractivity contribution in [3.05, 3.63) is 0 Å². The molecule has 0 radical (unpaired) electrons. The van der Waals surface area contributed by atoms with Gasteiger partial charge in [0.2, 0.25) is 0 Å². The Kier molecular flexibility index (Phi) is 4.94. The predicted molar refractivity (Wildman–Crippen MR) is 61.7 cm³/mol. The number of nitrogens with zero attached hydrogens (tertiary/aromatic N) is 2. The van der Waals surface area contributed by atoms with Crippen LogP contribution in [0.1, 0.15) is 39.5 Å². The van der Waals surface area contributed by atoms with Crippen LogP contribution >= 0.6 is 0 Å². The third kappa shape index (κ3) is 4.09. The molecule has 0 aromatic rings. The lowest BCUT2D eigenvalue weighted by Crippen LogP contribution is -2.38. The molecule has 0 aromatic carbocycles. The number of aliphatic imine (C=N–C) groups is 1. The molecule has 0 amide bonds. The van der Waals surface area contributed by atoms with Gasteiger partial charge in [-0.05, 0) is 39.7 Å². The third-order valence-electron chi connectivity index (χ3n) is 2.91. The van der Waals surface area contributed by atoms with Crippen molar-refractivity contribution in [2.75, 3.05) is 19.6 Å². The average molecular weight is 197 g/mol. The average Bonchev–Trinajstić information content (AvgIpc) is 2.15. The number of hydrogen-bond donors (Lipinski definition) is 1. The summed E-state index contributed by atoms with van der Waals surface area (Å²) in [5.41, 5.74) is 5.48. The van der Waals surface area contributed by atoms with Crippen molar-refractivity contribution in [3.63, 3.8) is 0 Å². The second-order valence-corrected chi connectivity index (χ2v) is 4.26. The summed E-state index contributed by atoms with van der Waals surface area (Å²) >= 11 is 0. The number of hydrogen-bond acceptors (Lipinski definition) is 2. The summed E-state index contributed by atoms with van der Waals surface area (Å²) in [6.45, 7) is 7.51. The van der Waals surface area contributed by atoms with Crippen LogP contribution in [0.5, 0.6) is 0 Å². The predicted octanol–water partition coefficient (Wildman–Crippen LogP) is 1.63. The molecule has 1 saturated heterocycles. The van der Waals surface area contributed by atoms with Crippen LogP contribution in [0.15, 0.2) is 4.99 Å². The zero-order chi connectivity index (χ0) is 10.4. The van der Waals surface area contributed by atoms with E-state index in [2.05, 4.69) is 16.8 Å². The Bertz CT molecular complexity index is 185. The van der Waals surface area contributed by atoms with Gasteiger partial charge in [0.25, 0.3) is 0 Å². The molecule has 82 valence electrons. The van der Waals surface area contributed by atoms with Gasteiger partial charge in [-0.15, -0.1) is 0 Å². The molecule has 1 aliphatic heterocycles. The molecule has 0 aromatic heterocycles. The summed E-state index contributed by atoms with van der Waals surface area (Å²) in [7, 11) is 0. The minimum atomic E-state index is 0.705. The van der Waals surface area contributed by atoms with Crippen LogP contribution in [-0.4, -0.2) is 36.4 Å². The Balaban J connectivity index is 2.13. The Morgan fingerprint density at radius 3 is 2.93 bits per heavy atom. The van der Waals surface area contributed by atoms with Gasteiger partial charge in [-0.2, -0.15) is 0 Å². The smallest absolute Gasteiger partial charge is 0.0905 e. The number of piperidine rings is 1. The van der Waals surface area contributed by atoms with Gasteiger partial charge in [-0.25, -0.2) is 0 Å². The van der Waals surface area contributed by atoms with Gasteiger partial charge < -0.3 is 10.6 Å². The van der Waals surface area contributed by atoms with Gasteiger partial charge in [0.1, 0.15) is 0 Å². The second-order valence-electron chi connectivity index (χ2n) is 4.26. The van der Waals surface area contributed by atoms with Crippen LogP contribution in [-0.2, 0) is 0 Å². The Morgan fingerprint density at radius 2 is 2.29 bits per heavy atom. The normalized spacial score (nSPS) is 25.3. The van der Waals surface area contributed by atoms with Crippen molar-refractivity contribution < 1.29 is 0 Å². The highest BCUT2D eigenvalue weighted by Crippen LogP contribution is 2.16. The fourth-order valence-corrected chi connectivity index (χ4v) is 2.02. The zero-order valence-electron chi connectivity index (χ0n) is 9.50. The van der Waals surface area contributed by atoms with Gasteiger partial charge in [0.15, 0.2) is 0 Å². The molecular formula is C11H23N3. The van der Waals surface area contributed by atoms with Crippen LogP contribution in [0.2, 0.25) is 0 Å². The van der Waals surface area contributed by atoms with E-state index in [1.807, 2.05) is 6.92 Å². The van der Waals surface area contributed by atoms with Crippen LogP contribution < -0.4 is 5.73 Å². The van der Waals surface area contributed by atoms with E-state index in [0.717, 1.165) is 19.0 Å². The Morgan fingerprint density at radius 1 is 1.50 bits per heavy atom. The van der Waals surface area contributed by atoms with E-state index in [9.17, 15) is 0 Å². The monoisotopic (exact) mass is 197 g/mol. The van der Waals surface area contributed by atoms with E-state index < -0.39 is 0 Å². The van der Waals surface area contributed by atoms with Crippen LogP contribution in [0.3, 0.4) is 0 Å². The first-order chi connectivity index (χ1) is 6.70. The standard InChI is InChI=1S/C11H23N3/c1-10-6-3-4-8-14(10)9-5-7-13-11(2)12/h10H,3-9H2,1-2H3,(H2,12,13). The lowest BCUT2D eigenvalue weighted by Gasteiger charge is -2.33. The molecular weight excluding hydrogens is 174 g/mol. The molecule has 0 spiro atoms. The lowest BCUT2D eigenvalue weighted by molar-refractivity contribution is 0.160. The fourth-order valence-electron chi connectivity index (χ4n) is 2.02. The molecule has 1 aliphatic rings. The first-order valence-electron chi connectivity index (χ1n) is 5.70. The summed E-state index contributed by atoms with van der Waals surface area (Å²) in [5.74, 6) is 0.705. The van der Waals surface area contributed by atoms with Gasteiger partial charge >= 0.3 is 0 Å². The highest BCUT2D eigenvalue weighted by atomic mass is 15.2. The molecule has 1 fully saturated rings. The van der Waals surface area contributed by atoms with Crippen molar-refractivity contribution in [2.24, 2.45) is 10.7 Å². The lowest BCUT2D eigenvalue weighted by atomic mass is 10.0. The minimum absolute atomic E-state index is 0.705. The maximum Gasteiger partial charge on any atom is 0.0905 e. The van der Waals surface area contributed by atoms with Gasteiger partial charge in [0.05, 0.1) is 5.84 Å². The van der Waals surface area contributed by atoms with Crippen molar-refractivity contribution >= 4 is 5.84 Å². The van der Waals surface area contributed by atoms with Gasteiger partial charge in [-0.3, -0.25) is 4.99 Å². The third-order valence-corrected chi connectivity index (χ3v) is 2.91. The summed E-state index contributed by atoms with van der Waals surface area (Å²) < 4.78 is 0. The molecule has 2 N–H and O–H groups in total. The Hall–Kier alpha value is -0.570. The summed E-state index contributed by atoms with van der Waals surface area (Å²) in [6.07, 6.45) is 5.26. The molecule has 1 heterocycles. The molecule has 3 heteroatoms. The van der Waals surface area contributed by atoms with Gasteiger partial charge in [0, 0.05) is 19.1 Å². The number of amidine groups is 1. The number of rotatable bonds is 4. The summed E-state index contributed by atoms with van der Waals surface area (Å²) in [4.78, 5) is 6.78. The number of likely N-dealkylation sites (tertiary alicyclic amines) is 1. The highest BCUT2D eigenvalue weighted by molar-refractivity contribution is 5.77. The van der Waals surface area contributed by atoms with E-state index in [4.69, 9.17) is 5.73 Å². The number of nitrogens with two attached hydrogens (primary N) is 1. The SMILES string of the molecule is CC(N)=NCCCN1CCCCC1C. The van der Waals surface area contributed by atoms with Crippen LogP contribution in [0, 0.1) is 0 Å². The van der Waals surface area contributed by atoms with Crippen molar-refractivity contribution in [1.29, 1.82) is 0 Å². The van der Waals surface area contributed by atoms with E-state index in [-0.39, 0.29) is 0 Å². The van der Waals surface area contributed by atoms with Gasteiger partial charge in [-0.1, -0.05) is 6.42 Å².